The minimum Gasteiger partial charge on any atom is -0.343 e. The van der Waals surface area contributed by atoms with Crippen molar-refractivity contribution in [2.24, 2.45) is 5.41 Å². The number of amides is 1. The molecular formula is C10H19NO. The maximum Gasteiger partial charge on any atom is 0.228 e. The fourth-order valence-electron chi connectivity index (χ4n) is 1.81. The number of rotatable bonds is 1. The van der Waals surface area contributed by atoms with E-state index in [1.807, 2.05) is 4.90 Å². The molecule has 0 spiro atoms. The van der Waals surface area contributed by atoms with E-state index in [1.54, 1.807) is 0 Å². The summed E-state index contributed by atoms with van der Waals surface area (Å²) in [5.74, 6) is 0.336. The van der Waals surface area contributed by atoms with Crippen molar-refractivity contribution in [3.05, 3.63) is 0 Å². The second kappa shape index (κ2) is 3.46. The lowest BCUT2D eigenvalue weighted by molar-refractivity contribution is -0.139. The smallest absolute Gasteiger partial charge is 0.228 e. The van der Waals surface area contributed by atoms with Crippen molar-refractivity contribution < 1.29 is 4.79 Å². The summed E-state index contributed by atoms with van der Waals surface area (Å²) < 4.78 is 0. The molecule has 2 nitrogen and oxygen atoms in total. The Hall–Kier alpha value is -0.530. The van der Waals surface area contributed by atoms with E-state index in [-0.39, 0.29) is 5.41 Å². The van der Waals surface area contributed by atoms with Gasteiger partial charge in [-0.1, -0.05) is 20.3 Å². The van der Waals surface area contributed by atoms with Gasteiger partial charge < -0.3 is 4.90 Å². The third kappa shape index (κ3) is 1.79. The van der Waals surface area contributed by atoms with Crippen molar-refractivity contribution in [1.82, 2.24) is 4.90 Å². The van der Waals surface area contributed by atoms with Crippen molar-refractivity contribution in [1.29, 1.82) is 0 Å². The molecule has 0 aliphatic carbocycles. The molecule has 1 saturated heterocycles. The highest BCUT2D eigenvalue weighted by Crippen LogP contribution is 2.28. The van der Waals surface area contributed by atoms with Gasteiger partial charge in [-0.3, -0.25) is 4.79 Å². The standard InChI is InChI=1S/C10H19NO/c1-4-11-8-6-5-7-10(2,3)9(11)12/h4-8H2,1-3H3. The summed E-state index contributed by atoms with van der Waals surface area (Å²) in [7, 11) is 0. The lowest BCUT2D eigenvalue weighted by atomic mass is 9.87. The number of hydrogen-bond donors (Lipinski definition) is 0. The topological polar surface area (TPSA) is 20.3 Å². The van der Waals surface area contributed by atoms with Crippen LogP contribution in [0.5, 0.6) is 0 Å². The number of carbonyl (C=O) groups is 1. The number of likely N-dealkylation sites (tertiary alicyclic amines) is 1. The molecule has 70 valence electrons. The van der Waals surface area contributed by atoms with E-state index in [4.69, 9.17) is 0 Å². The first-order chi connectivity index (χ1) is 5.58. The van der Waals surface area contributed by atoms with E-state index in [0.29, 0.717) is 5.91 Å². The lowest BCUT2D eigenvalue weighted by Crippen LogP contribution is -2.39. The van der Waals surface area contributed by atoms with Gasteiger partial charge in [0, 0.05) is 18.5 Å². The number of hydrogen-bond acceptors (Lipinski definition) is 1. The van der Waals surface area contributed by atoms with Crippen LogP contribution in [0.1, 0.15) is 40.0 Å². The van der Waals surface area contributed by atoms with Gasteiger partial charge in [0.15, 0.2) is 0 Å². The maximum atomic E-state index is 11.8. The van der Waals surface area contributed by atoms with Crippen LogP contribution in [-0.4, -0.2) is 23.9 Å². The highest BCUT2D eigenvalue weighted by atomic mass is 16.2. The van der Waals surface area contributed by atoms with Crippen LogP contribution in [0.25, 0.3) is 0 Å². The molecular weight excluding hydrogens is 150 g/mol. The predicted octanol–water partition coefficient (Wildman–Crippen LogP) is 2.04. The average molecular weight is 169 g/mol. The van der Waals surface area contributed by atoms with Gasteiger partial charge in [-0.25, -0.2) is 0 Å². The Bertz CT molecular complexity index is 175. The Morgan fingerprint density at radius 2 is 2.08 bits per heavy atom. The molecule has 1 aliphatic heterocycles. The zero-order valence-corrected chi connectivity index (χ0v) is 8.39. The van der Waals surface area contributed by atoms with Crippen LogP contribution in [-0.2, 0) is 4.79 Å². The van der Waals surface area contributed by atoms with Crippen molar-refractivity contribution in [3.8, 4) is 0 Å². The van der Waals surface area contributed by atoms with Crippen LogP contribution in [0.15, 0.2) is 0 Å². The minimum absolute atomic E-state index is 0.119. The van der Waals surface area contributed by atoms with E-state index in [2.05, 4.69) is 20.8 Å². The van der Waals surface area contributed by atoms with Gasteiger partial charge in [-0.05, 0) is 19.8 Å². The molecule has 0 atom stereocenters. The van der Waals surface area contributed by atoms with Crippen LogP contribution < -0.4 is 0 Å². The molecule has 1 fully saturated rings. The van der Waals surface area contributed by atoms with Gasteiger partial charge in [-0.15, -0.1) is 0 Å². The fraction of sp³-hybridized carbons (Fsp3) is 0.900. The molecule has 1 aliphatic rings. The normalized spacial score (nSPS) is 23.9. The molecule has 1 heterocycles. The van der Waals surface area contributed by atoms with Crippen molar-refractivity contribution >= 4 is 5.91 Å². The number of nitrogens with zero attached hydrogens (tertiary/aromatic N) is 1. The molecule has 0 bridgehead atoms. The molecule has 0 unspecified atom stereocenters. The zero-order valence-electron chi connectivity index (χ0n) is 8.39. The molecule has 1 amide bonds. The highest BCUT2D eigenvalue weighted by Gasteiger charge is 2.32. The SMILES string of the molecule is CCN1CCCCC(C)(C)C1=O. The Labute approximate surface area is 74.9 Å². The van der Waals surface area contributed by atoms with Crippen molar-refractivity contribution in [2.45, 2.75) is 40.0 Å². The second-order valence-electron chi connectivity index (χ2n) is 4.23. The molecule has 0 aromatic rings. The van der Waals surface area contributed by atoms with E-state index in [9.17, 15) is 4.79 Å². The van der Waals surface area contributed by atoms with Crippen LogP contribution in [0.2, 0.25) is 0 Å². The number of carbonyl (C=O) groups excluding carboxylic acids is 1. The summed E-state index contributed by atoms with van der Waals surface area (Å²) in [4.78, 5) is 13.8. The largest absolute Gasteiger partial charge is 0.343 e. The van der Waals surface area contributed by atoms with E-state index in [1.165, 1.54) is 12.8 Å². The van der Waals surface area contributed by atoms with Crippen molar-refractivity contribution in [3.63, 3.8) is 0 Å². The van der Waals surface area contributed by atoms with Crippen LogP contribution in [0.4, 0.5) is 0 Å². The summed E-state index contributed by atoms with van der Waals surface area (Å²) in [6, 6.07) is 0. The van der Waals surface area contributed by atoms with E-state index in [0.717, 1.165) is 19.5 Å². The van der Waals surface area contributed by atoms with Crippen LogP contribution >= 0.6 is 0 Å². The average Bonchev–Trinajstić information content (AvgIpc) is 2.14. The molecule has 0 aromatic carbocycles. The summed E-state index contributed by atoms with van der Waals surface area (Å²) >= 11 is 0. The third-order valence-corrected chi connectivity index (χ3v) is 2.73. The third-order valence-electron chi connectivity index (χ3n) is 2.73. The summed E-state index contributed by atoms with van der Waals surface area (Å²) in [6.45, 7) is 7.99. The first-order valence-electron chi connectivity index (χ1n) is 4.87. The second-order valence-corrected chi connectivity index (χ2v) is 4.23. The molecule has 0 saturated carbocycles. The Balaban J connectivity index is 2.73. The van der Waals surface area contributed by atoms with Gasteiger partial charge in [0.2, 0.25) is 5.91 Å². The first kappa shape index (κ1) is 9.56. The van der Waals surface area contributed by atoms with Gasteiger partial charge in [0.25, 0.3) is 0 Å². The molecule has 12 heavy (non-hydrogen) atoms. The van der Waals surface area contributed by atoms with Gasteiger partial charge in [0.1, 0.15) is 0 Å². The van der Waals surface area contributed by atoms with E-state index >= 15 is 0 Å². The monoisotopic (exact) mass is 169 g/mol. The van der Waals surface area contributed by atoms with Gasteiger partial charge in [-0.2, -0.15) is 0 Å². The fourth-order valence-corrected chi connectivity index (χ4v) is 1.81. The van der Waals surface area contributed by atoms with E-state index < -0.39 is 0 Å². The Morgan fingerprint density at radius 1 is 1.42 bits per heavy atom. The summed E-state index contributed by atoms with van der Waals surface area (Å²) in [6.07, 6.45) is 3.40. The van der Waals surface area contributed by atoms with Crippen LogP contribution in [0.3, 0.4) is 0 Å². The molecule has 0 N–H and O–H groups in total. The zero-order chi connectivity index (χ0) is 9.19. The first-order valence-corrected chi connectivity index (χ1v) is 4.87. The summed E-state index contributed by atoms with van der Waals surface area (Å²) in [5, 5.41) is 0. The quantitative estimate of drug-likeness (QED) is 0.588. The Kier molecular flexibility index (Phi) is 2.76. The van der Waals surface area contributed by atoms with Gasteiger partial charge >= 0.3 is 0 Å². The summed E-state index contributed by atoms with van der Waals surface area (Å²) in [5.41, 5.74) is -0.119. The van der Waals surface area contributed by atoms with Crippen molar-refractivity contribution in [2.75, 3.05) is 13.1 Å². The predicted molar refractivity (Wildman–Crippen MR) is 49.9 cm³/mol. The molecule has 0 radical (unpaired) electrons. The molecule has 1 rings (SSSR count). The molecule has 0 aromatic heterocycles. The van der Waals surface area contributed by atoms with Gasteiger partial charge in [0.05, 0.1) is 0 Å². The minimum atomic E-state index is -0.119. The molecule has 2 heteroatoms. The lowest BCUT2D eigenvalue weighted by Gasteiger charge is -2.27. The highest BCUT2D eigenvalue weighted by molar-refractivity contribution is 5.82. The Morgan fingerprint density at radius 3 is 2.67 bits per heavy atom. The maximum absolute atomic E-state index is 11.8. The van der Waals surface area contributed by atoms with Crippen LogP contribution in [0, 0.1) is 5.41 Å².